The Bertz CT molecular complexity index is 310. The van der Waals surface area contributed by atoms with Gasteiger partial charge in [-0.15, -0.1) is 0 Å². The zero-order valence-corrected chi connectivity index (χ0v) is 6.03. The lowest BCUT2D eigenvalue weighted by Crippen LogP contribution is -2.04. The standard InChI is InChI=1S/C6H4ClF2NO/c7-4-3(11)1-2-10-5(4)6(8)9/h1-2,6H,(H,10,11). The fraction of sp³-hybridized carbons (Fsp3) is 0.167. The van der Waals surface area contributed by atoms with Gasteiger partial charge in [-0.25, -0.2) is 8.78 Å². The average molecular weight is 180 g/mol. The highest BCUT2D eigenvalue weighted by molar-refractivity contribution is 6.31. The topological polar surface area (TPSA) is 32.9 Å². The third kappa shape index (κ3) is 1.57. The average Bonchev–Trinajstić information content (AvgIpc) is 1.94. The van der Waals surface area contributed by atoms with E-state index in [1.807, 2.05) is 0 Å². The Morgan fingerprint density at radius 3 is 2.64 bits per heavy atom. The van der Waals surface area contributed by atoms with Gasteiger partial charge < -0.3 is 4.98 Å². The molecule has 0 aliphatic carbocycles. The van der Waals surface area contributed by atoms with E-state index in [1.165, 1.54) is 0 Å². The molecule has 0 saturated heterocycles. The lowest BCUT2D eigenvalue weighted by atomic mass is 10.3. The van der Waals surface area contributed by atoms with Crippen molar-refractivity contribution in [2.75, 3.05) is 0 Å². The summed E-state index contributed by atoms with van der Waals surface area (Å²) in [6.07, 6.45) is -1.60. The molecule has 0 aliphatic rings. The van der Waals surface area contributed by atoms with E-state index in [4.69, 9.17) is 11.6 Å². The number of nitrogens with one attached hydrogen (secondary N) is 1. The Kier molecular flexibility index (Phi) is 2.24. The van der Waals surface area contributed by atoms with E-state index < -0.39 is 22.6 Å². The van der Waals surface area contributed by atoms with Crippen molar-refractivity contribution in [1.29, 1.82) is 0 Å². The molecule has 11 heavy (non-hydrogen) atoms. The highest BCUT2D eigenvalue weighted by atomic mass is 35.5. The molecule has 1 rings (SSSR count). The summed E-state index contributed by atoms with van der Waals surface area (Å²) in [5, 5.41) is -0.442. The summed E-state index contributed by atoms with van der Waals surface area (Å²) in [5.74, 6) is 0. The molecule has 0 radical (unpaired) electrons. The first-order valence-electron chi connectivity index (χ1n) is 2.78. The molecule has 0 fully saturated rings. The second kappa shape index (κ2) is 3.00. The molecule has 0 unspecified atom stereocenters. The van der Waals surface area contributed by atoms with Crippen LogP contribution in [-0.2, 0) is 0 Å². The van der Waals surface area contributed by atoms with E-state index in [2.05, 4.69) is 4.98 Å². The number of rotatable bonds is 1. The van der Waals surface area contributed by atoms with Crippen LogP contribution < -0.4 is 5.43 Å². The van der Waals surface area contributed by atoms with E-state index in [1.54, 1.807) is 0 Å². The van der Waals surface area contributed by atoms with Crippen molar-refractivity contribution in [3.63, 3.8) is 0 Å². The second-order valence-corrected chi connectivity index (χ2v) is 2.25. The normalized spacial score (nSPS) is 10.5. The maximum Gasteiger partial charge on any atom is 0.279 e. The van der Waals surface area contributed by atoms with E-state index in [0.717, 1.165) is 12.3 Å². The van der Waals surface area contributed by atoms with Crippen LogP contribution in [-0.4, -0.2) is 4.98 Å². The lowest BCUT2D eigenvalue weighted by Gasteiger charge is -1.99. The molecule has 0 saturated carbocycles. The molecular weight excluding hydrogens is 176 g/mol. The van der Waals surface area contributed by atoms with Crippen molar-refractivity contribution >= 4 is 11.6 Å². The molecule has 0 aromatic carbocycles. The first-order chi connectivity index (χ1) is 5.13. The van der Waals surface area contributed by atoms with Gasteiger partial charge in [0.15, 0.2) is 0 Å². The summed E-state index contributed by atoms with van der Waals surface area (Å²) in [7, 11) is 0. The molecule has 1 heterocycles. The SMILES string of the molecule is O=c1cc[nH]c(C(F)F)c1Cl. The first-order valence-corrected chi connectivity index (χ1v) is 3.16. The van der Waals surface area contributed by atoms with Crippen LogP contribution >= 0.6 is 11.6 Å². The van der Waals surface area contributed by atoms with Crippen molar-refractivity contribution in [3.8, 4) is 0 Å². The minimum atomic E-state index is -2.74. The summed E-state index contributed by atoms with van der Waals surface area (Å²) in [5.41, 5.74) is -1.13. The molecule has 1 N–H and O–H groups in total. The van der Waals surface area contributed by atoms with Crippen LogP contribution in [0.1, 0.15) is 12.1 Å². The molecule has 2 nitrogen and oxygen atoms in total. The van der Waals surface area contributed by atoms with Crippen LogP contribution in [0, 0.1) is 0 Å². The fourth-order valence-electron chi connectivity index (χ4n) is 0.635. The zero-order valence-electron chi connectivity index (χ0n) is 5.27. The van der Waals surface area contributed by atoms with Crippen LogP contribution in [0.4, 0.5) is 8.78 Å². The van der Waals surface area contributed by atoms with Gasteiger partial charge in [0.05, 0.1) is 0 Å². The van der Waals surface area contributed by atoms with Crippen LogP contribution in [0.3, 0.4) is 0 Å². The summed E-state index contributed by atoms with van der Waals surface area (Å²) in [4.78, 5) is 12.9. The van der Waals surface area contributed by atoms with Gasteiger partial charge in [0.2, 0.25) is 5.43 Å². The lowest BCUT2D eigenvalue weighted by molar-refractivity contribution is 0.146. The number of halogens is 3. The summed E-state index contributed by atoms with van der Waals surface area (Å²) >= 11 is 5.26. The van der Waals surface area contributed by atoms with Crippen LogP contribution in [0.5, 0.6) is 0 Å². The minimum absolute atomic E-state index is 0.442. The predicted octanol–water partition coefficient (Wildman–Crippen LogP) is 1.97. The Morgan fingerprint density at radius 2 is 2.18 bits per heavy atom. The van der Waals surface area contributed by atoms with Gasteiger partial charge in [-0.1, -0.05) is 11.6 Å². The fourth-order valence-corrected chi connectivity index (χ4v) is 0.835. The number of aromatic amines is 1. The second-order valence-electron chi connectivity index (χ2n) is 1.87. The summed E-state index contributed by atoms with van der Waals surface area (Å²) < 4.78 is 23.9. The third-order valence-electron chi connectivity index (χ3n) is 1.14. The molecule has 0 bridgehead atoms. The Morgan fingerprint density at radius 1 is 1.55 bits per heavy atom. The van der Waals surface area contributed by atoms with Crippen molar-refractivity contribution < 1.29 is 8.78 Å². The number of alkyl halides is 2. The molecule has 0 amide bonds. The van der Waals surface area contributed by atoms with Gasteiger partial charge in [-0.2, -0.15) is 0 Å². The highest BCUT2D eigenvalue weighted by Gasteiger charge is 2.13. The minimum Gasteiger partial charge on any atom is -0.359 e. The Hall–Kier alpha value is -0.900. The molecule has 0 spiro atoms. The van der Waals surface area contributed by atoms with Gasteiger partial charge in [-0.05, 0) is 0 Å². The van der Waals surface area contributed by atoms with E-state index in [-0.39, 0.29) is 0 Å². The van der Waals surface area contributed by atoms with Gasteiger partial charge in [0.25, 0.3) is 6.43 Å². The maximum atomic E-state index is 12.0. The van der Waals surface area contributed by atoms with Crippen molar-refractivity contribution in [1.82, 2.24) is 4.98 Å². The Balaban J connectivity index is 3.28. The first kappa shape index (κ1) is 8.20. The molecule has 5 heteroatoms. The van der Waals surface area contributed by atoms with Crippen LogP contribution in [0.15, 0.2) is 17.1 Å². The maximum absolute atomic E-state index is 12.0. The Labute approximate surface area is 65.8 Å². The highest BCUT2D eigenvalue weighted by Crippen LogP contribution is 2.20. The molecule has 1 aromatic rings. The van der Waals surface area contributed by atoms with Gasteiger partial charge in [-0.3, -0.25) is 4.79 Å². The number of aromatic nitrogens is 1. The largest absolute Gasteiger partial charge is 0.359 e. The van der Waals surface area contributed by atoms with Crippen LogP contribution in [0.25, 0.3) is 0 Å². The monoisotopic (exact) mass is 179 g/mol. The molecule has 0 aliphatic heterocycles. The van der Waals surface area contributed by atoms with Crippen molar-refractivity contribution in [2.45, 2.75) is 6.43 Å². The molecule has 1 aromatic heterocycles. The predicted molar refractivity (Wildman–Crippen MR) is 37.0 cm³/mol. The summed E-state index contributed by atoms with van der Waals surface area (Å²) in [6.45, 7) is 0. The van der Waals surface area contributed by atoms with E-state index in [9.17, 15) is 13.6 Å². The zero-order chi connectivity index (χ0) is 8.43. The number of hydrogen-bond donors (Lipinski definition) is 1. The number of pyridine rings is 1. The quantitative estimate of drug-likeness (QED) is 0.703. The van der Waals surface area contributed by atoms with Crippen LogP contribution in [0.2, 0.25) is 5.02 Å². The number of H-pyrrole nitrogens is 1. The van der Waals surface area contributed by atoms with E-state index >= 15 is 0 Å². The van der Waals surface area contributed by atoms with Gasteiger partial charge in [0.1, 0.15) is 10.7 Å². The number of hydrogen-bond acceptors (Lipinski definition) is 1. The van der Waals surface area contributed by atoms with Crippen molar-refractivity contribution in [2.24, 2.45) is 0 Å². The third-order valence-corrected chi connectivity index (χ3v) is 1.53. The smallest absolute Gasteiger partial charge is 0.279 e. The van der Waals surface area contributed by atoms with Crippen molar-refractivity contribution in [3.05, 3.63) is 33.2 Å². The molecular formula is C6H4ClF2NO. The molecule has 60 valence electrons. The summed E-state index contributed by atoms with van der Waals surface area (Å²) in [6, 6.07) is 1.09. The molecule has 0 atom stereocenters. The van der Waals surface area contributed by atoms with Gasteiger partial charge >= 0.3 is 0 Å². The van der Waals surface area contributed by atoms with E-state index in [0.29, 0.717) is 0 Å². The van der Waals surface area contributed by atoms with Gasteiger partial charge in [0, 0.05) is 12.3 Å².